The molecule has 0 aliphatic heterocycles. The van der Waals surface area contributed by atoms with Crippen molar-refractivity contribution in [1.82, 2.24) is 4.98 Å². The molecule has 0 saturated heterocycles. The summed E-state index contributed by atoms with van der Waals surface area (Å²) in [5.41, 5.74) is 2.57. The van der Waals surface area contributed by atoms with Crippen LogP contribution in [0, 0.1) is 0 Å². The lowest BCUT2D eigenvalue weighted by Crippen LogP contribution is -2.20. The van der Waals surface area contributed by atoms with Crippen LogP contribution in [0.2, 0.25) is 0 Å². The highest BCUT2D eigenvalue weighted by molar-refractivity contribution is 5.95. The number of anilines is 1. The van der Waals surface area contributed by atoms with E-state index in [9.17, 15) is 9.59 Å². The average molecular weight is 364 g/mol. The lowest BCUT2D eigenvalue weighted by molar-refractivity contribution is -0.118. The summed E-state index contributed by atoms with van der Waals surface area (Å²) in [5.74, 6) is -0.450. The average Bonchev–Trinajstić information content (AvgIpc) is 2.71. The summed E-state index contributed by atoms with van der Waals surface area (Å²) in [4.78, 5) is 28.3. The Bertz CT molecular complexity index is 985. The number of aromatic nitrogens is 1. The van der Waals surface area contributed by atoms with Gasteiger partial charge in [0, 0.05) is 17.1 Å². The number of carbonyl (C=O) groups is 2. The van der Waals surface area contributed by atoms with Crippen LogP contribution in [0.25, 0.3) is 10.9 Å². The van der Waals surface area contributed by atoms with Gasteiger partial charge in [-0.15, -0.1) is 0 Å². The Morgan fingerprint density at radius 3 is 2.67 bits per heavy atom. The monoisotopic (exact) mass is 364 g/mol. The Morgan fingerprint density at radius 1 is 1.07 bits per heavy atom. The minimum Gasteiger partial charge on any atom is -0.483 e. The first-order valence-corrected chi connectivity index (χ1v) is 8.60. The zero-order valence-corrected chi connectivity index (χ0v) is 15.2. The Morgan fingerprint density at radius 2 is 1.89 bits per heavy atom. The molecular weight excluding hydrogens is 344 g/mol. The van der Waals surface area contributed by atoms with E-state index in [1.807, 2.05) is 42.5 Å². The van der Waals surface area contributed by atoms with Crippen LogP contribution in [0.5, 0.6) is 5.75 Å². The highest BCUT2D eigenvalue weighted by Gasteiger charge is 2.14. The second-order valence-corrected chi connectivity index (χ2v) is 5.91. The van der Waals surface area contributed by atoms with E-state index in [0.717, 1.165) is 17.7 Å². The minimum atomic E-state index is -0.563. The first kappa shape index (κ1) is 18.4. The summed E-state index contributed by atoms with van der Waals surface area (Å²) in [7, 11) is 1.29. The van der Waals surface area contributed by atoms with E-state index in [-0.39, 0.29) is 18.2 Å². The first-order valence-electron chi connectivity index (χ1n) is 8.60. The van der Waals surface area contributed by atoms with Gasteiger partial charge in [-0.1, -0.05) is 31.2 Å². The molecule has 1 amide bonds. The fourth-order valence-corrected chi connectivity index (χ4v) is 2.68. The molecule has 0 aliphatic carbocycles. The summed E-state index contributed by atoms with van der Waals surface area (Å²) in [6.45, 7) is 1.86. The Balaban J connectivity index is 1.77. The van der Waals surface area contributed by atoms with E-state index in [4.69, 9.17) is 9.47 Å². The predicted molar refractivity (Wildman–Crippen MR) is 103 cm³/mol. The normalized spacial score (nSPS) is 10.4. The molecule has 27 heavy (non-hydrogen) atoms. The van der Waals surface area contributed by atoms with E-state index < -0.39 is 5.97 Å². The number of carbonyl (C=O) groups excluding carboxylic acids is 2. The molecule has 3 rings (SSSR count). The number of pyridine rings is 1. The molecule has 3 aromatic rings. The number of aryl methyl sites for hydroxylation is 1. The Labute approximate surface area is 157 Å². The molecule has 6 nitrogen and oxygen atoms in total. The molecule has 1 N–H and O–H groups in total. The Kier molecular flexibility index (Phi) is 5.66. The van der Waals surface area contributed by atoms with E-state index in [1.165, 1.54) is 13.2 Å². The van der Waals surface area contributed by atoms with Gasteiger partial charge in [0.2, 0.25) is 0 Å². The molecule has 138 valence electrons. The van der Waals surface area contributed by atoms with Crippen LogP contribution in [0.1, 0.15) is 23.0 Å². The van der Waals surface area contributed by atoms with Gasteiger partial charge in [0.25, 0.3) is 5.91 Å². The van der Waals surface area contributed by atoms with Gasteiger partial charge < -0.3 is 14.8 Å². The molecule has 1 heterocycles. The molecule has 0 atom stereocenters. The van der Waals surface area contributed by atoms with Gasteiger partial charge in [-0.25, -0.2) is 9.78 Å². The van der Waals surface area contributed by atoms with Crippen molar-refractivity contribution in [2.75, 3.05) is 19.0 Å². The minimum absolute atomic E-state index is 0.127. The predicted octanol–water partition coefficient (Wildman–Crippen LogP) is 3.60. The number of nitrogens with zero attached hydrogens (tertiary/aromatic N) is 1. The lowest BCUT2D eigenvalue weighted by atomic mass is 10.1. The summed E-state index contributed by atoms with van der Waals surface area (Å²) < 4.78 is 10.4. The van der Waals surface area contributed by atoms with E-state index in [0.29, 0.717) is 16.7 Å². The second kappa shape index (κ2) is 8.31. The largest absolute Gasteiger partial charge is 0.483 e. The highest BCUT2D eigenvalue weighted by atomic mass is 16.5. The van der Waals surface area contributed by atoms with Gasteiger partial charge in [-0.05, 0) is 36.2 Å². The van der Waals surface area contributed by atoms with Crippen LogP contribution in [-0.2, 0) is 16.0 Å². The molecule has 0 spiro atoms. The number of nitrogens with one attached hydrogen (secondary N) is 1. The smallest absolute Gasteiger partial charge is 0.356 e. The van der Waals surface area contributed by atoms with Crippen molar-refractivity contribution < 1.29 is 19.1 Å². The number of rotatable bonds is 6. The van der Waals surface area contributed by atoms with E-state index in [1.54, 1.807) is 6.07 Å². The van der Waals surface area contributed by atoms with Gasteiger partial charge in [-0.3, -0.25) is 4.79 Å². The van der Waals surface area contributed by atoms with Crippen molar-refractivity contribution in [3.8, 4) is 5.75 Å². The number of ether oxygens (including phenoxy) is 2. The topological polar surface area (TPSA) is 77.5 Å². The summed E-state index contributed by atoms with van der Waals surface area (Å²) in [5, 5.41) is 3.53. The molecular formula is C21H20N2O4. The van der Waals surface area contributed by atoms with Crippen LogP contribution in [0.15, 0.2) is 54.6 Å². The van der Waals surface area contributed by atoms with E-state index >= 15 is 0 Å². The third kappa shape index (κ3) is 4.41. The molecule has 1 aromatic heterocycles. The molecule has 0 saturated carbocycles. The van der Waals surface area contributed by atoms with Crippen molar-refractivity contribution in [2.45, 2.75) is 13.3 Å². The lowest BCUT2D eigenvalue weighted by Gasteiger charge is -2.11. The maximum atomic E-state index is 12.3. The third-order valence-corrected chi connectivity index (χ3v) is 4.05. The van der Waals surface area contributed by atoms with Gasteiger partial charge in [0.05, 0.1) is 12.6 Å². The van der Waals surface area contributed by atoms with Gasteiger partial charge in [0.1, 0.15) is 5.75 Å². The quantitative estimate of drug-likeness (QED) is 0.676. The number of hydrogen-bond acceptors (Lipinski definition) is 5. The van der Waals surface area contributed by atoms with Crippen molar-refractivity contribution in [1.29, 1.82) is 0 Å². The summed E-state index contributed by atoms with van der Waals surface area (Å²) in [6.07, 6.45) is 0.888. The number of benzene rings is 2. The number of amides is 1. The molecule has 2 aromatic carbocycles. The van der Waals surface area contributed by atoms with Crippen LogP contribution < -0.4 is 10.1 Å². The molecule has 0 aliphatic rings. The number of fused-ring (bicyclic) bond motifs is 1. The Hall–Kier alpha value is -3.41. The van der Waals surface area contributed by atoms with Crippen LogP contribution in [-0.4, -0.2) is 30.6 Å². The molecule has 6 heteroatoms. The van der Waals surface area contributed by atoms with Gasteiger partial charge in [-0.2, -0.15) is 0 Å². The van der Waals surface area contributed by atoms with E-state index in [2.05, 4.69) is 17.2 Å². The number of methoxy groups -OCH3 is 1. The van der Waals surface area contributed by atoms with Crippen molar-refractivity contribution in [3.63, 3.8) is 0 Å². The van der Waals surface area contributed by atoms with Crippen molar-refractivity contribution >= 4 is 28.5 Å². The fraction of sp³-hybridized carbons (Fsp3) is 0.190. The van der Waals surface area contributed by atoms with Crippen molar-refractivity contribution in [3.05, 3.63) is 65.9 Å². The van der Waals surface area contributed by atoms with Gasteiger partial charge >= 0.3 is 5.97 Å². The molecule has 0 unspecified atom stereocenters. The molecule has 0 bridgehead atoms. The van der Waals surface area contributed by atoms with Gasteiger partial charge in [0.15, 0.2) is 12.3 Å². The summed E-state index contributed by atoms with van der Waals surface area (Å²) >= 11 is 0. The SMILES string of the molecule is CCc1cccc(NC(=O)COc2cc(C(=O)OC)nc3ccccc23)c1. The first-order chi connectivity index (χ1) is 13.1. The molecule has 0 radical (unpaired) electrons. The maximum absolute atomic E-state index is 12.3. The standard InChI is InChI=1S/C21H20N2O4/c1-3-14-7-6-8-15(11-14)22-20(24)13-27-19-12-18(21(25)26-2)23-17-10-5-4-9-16(17)19/h4-12H,3,13H2,1-2H3,(H,22,24). The number of hydrogen-bond donors (Lipinski definition) is 1. The number of esters is 1. The third-order valence-electron chi connectivity index (χ3n) is 4.05. The maximum Gasteiger partial charge on any atom is 0.356 e. The fourth-order valence-electron chi connectivity index (χ4n) is 2.68. The zero-order chi connectivity index (χ0) is 19.2. The molecule has 0 fully saturated rings. The van der Waals surface area contributed by atoms with Crippen LogP contribution in [0.3, 0.4) is 0 Å². The second-order valence-electron chi connectivity index (χ2n) is 5.91. The van der Waals surface area contributed by atoms with Crippen LogP contribution >= 0.6 is 0 Å². The highest BCUT2D eigenvalue weighted by Crippen LogP contribution is 2.25. The van der Waals surface area contributed by atoms with Crippen LogP contribution in [0.4, 0.5) is 5.69 Å². The zero-order valence-electron chi connectivity index (χ0n) is 15.2. The summed E-state index contributed by atoms with van der Waals surface area (Å²) in [6, 6.07) is 16.4. The number of para-hydroxylation sites is 1. The van der Waals surface area contributed by atoms with Crippen molar-refractivity contribution in [2.24, 2.45) is 0 Å².